The van der Waals surface area contributed by atoms with Gasteiger partial charge in [0.1, 0.15) is 5.75 Å². The van der Waals surface area contributed by atoms with E-state index < -0.39 is 0 Å². The average molecular weight is 383 g/mol. The minimum Gasteiger partial charge on any atom is -0.496 e. The van der Waals surface area contributed by atoms with Crippen LogP contribution in [0.15, 0.2) is 53.5 Å². The first-order valence-electron chi connectivity index (χ1n) is 9.55. The molecule has 2 rings (SSSR count). The zero-order valence-electron chi connectivity index (χ0n) is 16.9. The molecule has 0 saturated heterocycles. The summed E-state index contributed by atoms with van der Waals surface area (Å²) in [4.78, 5) is 16.2. The van der Waals surface area contributed by atoms with Gasteiger partial charge >= 0.3 is 0 Å². The van der Waals surface area contributed by atoms with Crippen LogP contribution in [0.4, 0.5) is 0 Å². The molecule has 0 aromatic heterocycles. The number of methoxy groups -OCH3 is 1. The predicted molar refractivity (Wildman–Crippen MR) is 114 cm³/mol. The van der Waals surface area contributed by atoms with Crippen LogP contribution in [-0.2, 0) is 6.42 Å². The molecule has 0 aliphatic rings. The van der Waals surface area contributed by atoms with E-state index in [1.54, 1.807) is 14.2 Å². The molecule has 3 N–H and O–H groups in total. The van der Waals surface area contributed by atoms with Crippen molar-refractivity contribution in [1.82, 2.24) is 16.0 Å². The number of nitrogens with one attached hydrogen (secondary N) is 3. The van der Waals surface area contributed by atoms with Crippen molar-refractivity contribution < 1.29 is 9.53 Å². The first kappa shape index (κ1) is 21.3. The lowest BCUT2D eigenvalue weighted by Crippen LogP contribution is -2.39. The number of guanidine groups is 1. The van der Waals surface area contributed by atoms with E-state index in [-0.39, 0.29) is 5.91 Å². The van der Waals surface area contributed by atoms with Gasteiger partial charge in [-0.2, -0.15) is 0 Å². The standard InChI is InChI=1S/C22H30N4O2/c1-17-10-11-20(28-3)19(16-17)12-15-26-22(23-2)25-14-7-13-24-21(27)18-8-5-4-6-9-18/h4-6,8-11,16H,7,12-15H2,1-3H3,(H,24,27)(H2,23,25,26). The van der Waals surface area contributed by atoms with Crippen molar-refractivity contribution in [3.8, 4) is 5.75 Å². The molecule has 150 valence electrons. The third kappa shape index (κ3) is 6.95. The van der Waals surface area contributed by atoms with E-state index in [0.29, 0.717) is 12.1 Å². The van der Waals surface area contributed by atoms with E-state index in [1.807, 2.05) is 42.5 Å². The van der Waals surface area contributed by atoms with E-state index in [1.165, 1.54) is 11.1 Å². The summed E-state index contributed by atoms with van der Waals surface area (Å²) in [5.41, 5.74) is 3.07. The van der Waals surface area contributed by atoms with Crippen LogP contribution in [-0.4, -0.2) is 45.7 Å². The highest BCUT2D eigenvalue weighted by Crippen LogP contribution is 2.19. The summed E-state index contributed by atoms with van der Waals surface area (Å²) in [5.74, 6) is 1.61. The zero-order chi connectivity index (χ0) is 20.2. The van der Waals surface area contributed by atoms with Crippen molar-refractivity contribution >= 4 is 11.9 Å². The van der Waals surface area contributed by atoms with Crippen LogP contribution in [0.5, 0.6) is 5.75 Å². The van der Waals surface area contributed by atoms with Gasteiger partial charge in [-0.3, -0.25) is 9.79 Å². The van der Waals surface area contributed by atoms with Crippen molar-refractivity contribution in [1.29, 1.82) is 0 Å². The van der Waals surface area contributed by atoms with Gasteiger partial charge in [0.25, 0.3) is 5.91 Å². The average Bonchev–Trinajstić information content (AvgIpc) is 2.72. The summed E-state index contributed by atoms with van der Waals surface area (Å²) in [6, 6.07) is 15.4. The van der Waals surface area contributed by atoms with Gasteiger partial charge in [0.15, 0.2) is 5.96 Å². The maximum atomic E-state index is 12.0. The van der Waals surface area contributed by atoms with Crippen LogP contribution in [0.25, 0.3) is 0 Å². The summed E-state index contributed by atoms with van der Waals surface area (Å²) in [7, 11) is 3.44. The topological polar surface area (TPSA) is 74.8 Å². The van der Waals surface area contributed by atoms with E-state index in [4.69, 9.17) is 4.74 Å². The smallest absolute Gasteiger partial charge is 0.251 e. The molecule has 2 aromatic carbocycles. The van der Waals surface area contributed by atoms with Gasteiger partial charge in [-0.1, -0.05) is 35.9 Å². The molecule has 2 aromatic rings. The molecule has 0 bridgehead atoms. The second-order valence-electron chi connectivity index (χ2n) is 6.47. The van der Waals surface area contributed by atoms with E-state index in [0.717, 1.165) is 37.6 Å². The molecule has 0 aliphatic heterocycles. The number of amides is 1. The quantitative estimate of drug-likeness (QED) is 0.354. The van der Waals surface area contributed by atoms with Crippen LogP contribution >= 0.6 is 0 Å². The van der Waals surface area contributed by atoms with Crippen molar-refractivity contribution in [2.45, 2.75) is 19.8 Å². The first-order chi connectivity index (χ1) is 13.6. The number of ether oxygens (including phenoxy) is 1. The summed E-state index contributed by atoms with van der Waals surface area (Å²) in [6.45, 7) is 4.17. The molecule has 0 radical (unpaired) electrons. The molecule has 0 saturated carbocycles. The SMILES string of the molecule is CN=C(NCCCNC(=O)c1ccccc1)NCCc1cc(C)ccc1OC. The van der Waals surface area contributed by atoms with Crippen molar-refractivity contribution in [2.24, 2.45) is 4.99 Å². The minimum atomic E-state index is -0.0461. The Labute approximate surface area is 167 Å². The maximum Gasteiger partial charge on any atom is 0.251 e. The van der Waals surface area contributed by atoms with Crippen molar-refractivity contribution in [2.75, 3.05) is 33.8 Å². The Bertz CT molecular complexity index is 775. The van der Waals surface area contributed by atoms with Crippen molar-refractivity contribution in [3.63, 3.8) is 0 Å². The fourth-order valence-corrected chi connectivity index (χ4v) is 2.83. The fraction of sp³-hybridized carbons (Fsp3) is 0.364. The number of rotatable bonds is 9. The van der Waals surface area contributed by atoms with Gasteiger partial charge in [0.2, 0.25) is 0 Å². The van der Waals surface area contributed by atoms with Crippen LogP contribution in [0, 0.1) is 6.92 Å². The molecule has 0 fully saturated rings. The summed E-state index contributed by atoms with van der Waals surface area (Å²) in [5, 5.41) is 9.50. The molecule has 1 amide bonds. The third-order valence-corrected chi connectivity index (χ3v) is 4.31. The number of aryl methyl sites for hydroxylation is 1. The zero-order valence-corrected chi connectivity index (χ0v) is 16.9. The van der Waals surface area contributed by atoms with Crippen molar-refractivity contribution in [3.05, 3.63) is 65.2 Å². The Balaban J connectivity index is 1.65. The van der Waals surface area contributed by atoms with Gasteiger partial charge in [-0.25, -0.2) is 0 Å². The van der Waals surface area contributed by atoms with Crippen LogP contribution in [0.3, 0.4) is 0 Å². The van der Waals surface area contributed by atoms with Crippen LogP contribution in [0.2, 0.25) is 0 Å². The van der Waals surface area contributed by atoms with E-state index >= 15 is 0 Å². The van der Waals surface area contributed by atoms with Crippen LogP contribution in [0.1, 0.15) is 27.9 Å². The highest BCUT2D eigenvalue weighted by Gasteiger charge is 2.05. The van der Waals surface area contributed by atoms with Gasteiger partial charge in [-0.05, 0) is 43.5 Å². The molecule has 0 atom stereocenters. The van der Waals surface area contributed by atoms with E-state index in [9.17, 15) is 4.79 Å². The lowest BCUT2D eigenvalue weighted by Gasteiger charge is -2.13. The Morgan fingerprint density at radius 3 is 2.43 bits per heavy atom. The lowest BCUT2D eigenvalue weighted by atomic mass is 10.1. The molecule has 0 aliphatic carbocycles. The number of hydrogen-bond acceptors (Lipinski definition) is 3. The minimum absolute atomic E-state index is 0.0461. The monoisotopic (exact) mass is 382 g/mol. The number of nitrogens with zero attached hydrogens (tertiary/aromatic N) is 1. The molecule has 6 heteroatoms. The largest absolute Gasteiger partial charge is 0.496 e. The number of hydrogen-bond donors (Lipinski definition) is 3. The van der Waals surface area contributed by atoms with Gasteiger partial charge in [-0.15, -0.1) is 0 Å². The number of aliphatic imine (C=N–C) groups is 1. The van der Waals surface area contributed by atoms with Gasteiger partial charge in [0.05, 0.1) is 7.11 Å². The Morgan fingerprint density at radius 1 is 1.00 bits per heavy atom. The predicted octanol–water partition coefficient (Wildman–Crippen LogP) is 2.53. The normalized spacial score (nSPS) is 11.0. The first-order valence-corrected chi connectivity index (χ1v) is 9.55. The second kappa shape index (κ2) is 11.6. The third-order valence-electron chi connectivity index (χ3n) is 4.31. The van der Waals surface area contributed by atoms with Gasteiger partial charge < -0.3 is 20.7 Å². The Kier molecular flexibility index (Phi) is 8.85. The molecule has 6 nitrogen and oxygen atoms in total. The highest BCUT2D eigenvalue weighted by molar-refractivity contribution is 5.94. The molecule has 0 heterocycles. The molecule has 28 heavy (non-hydrogen) atoms. The lowest BCUT2D eigenvalue weighted by molar-refractivity contribution is 0.0953. The molecular weight excluding hydrogens is 352 g/mol. The molecular formula is C22H30N4O2. The van der Waals surface area contributed by atoms with Gasteiger partial charge in [0, 0.05) is 32.2 Å². The maximum absolute atomic E-state index is 12.0. The Morgan fingerprint density at radius 2 is 1.71 bits per heavy atom. The summed E-state index contributed by atoms with van der Waals surface area (Å²) < 4.78 is 5.42. The summed E-state index contributed by atoms with van der Waals surface area (Å²) in [6.07, 6.45) is 1.66. The summed E-state index contributed by atoms with van der Waals surface area (Å²) >= 11 is 0. The second-order valence-corrected chi connectivity index (χ2v) is 6.47. The van der Waals surface area contributed by atoms with E-state index in [2.05, 4.69) is 33.9 Å². The fourth-order valence-electron chi connectivity index (χ4n) is 2.83. The molecule has 0 spiro atoms. The molecule has 0 unspecified atom stereocenters. The number of benzene rings is 2. The number of carbonyl (C=O) groups is 1. The highest BCUT2D eigenvalue weighted by atomic mass is 16.5. The Hall–Kier alpha value is -3.02. The van der Waals surface area contributed by atoms with Crippen LogP contribution < -0.4 is 20.7 Å². The number of carbonyl (C=O) groups excluding carboxylic acids is 1.